The highest BCUT2D eigenvalue weighted by atomic mass is 32.2. The zero-order valence-electron chi connectivity index (χ0n) is 16.0. The van der Waals surface area contributed by atoms with Crippen LogP contribution in [-0.4, -0.2) is 50.9 Å². The molecule has 1 rings (SSSR count). The molecule has 9 heteroatoms. The molecule has 0 aliphatic heterocycles. The van der Waals surface area contributed by atoms with Gasteiger partial charge in [-0.2, -0.15) is 8.42 Å². The van der Waals surface area contributed by atoms with Gasteiger partial charge in [-0.3, -0.25) is 13.8 Å². The number of hydrogen-bond donors (Lipinski definition) is 2. The number of carbonyl (C=O) groups excluding carboxylic acids is 1. The fourth-order valence-corrected chi connectivity index (χ4v) is 3.52. The highest BCUT2D eigenvalue weighted by molar-refractivity contribution is 7.86. The molecule has 1 atom stereocenters. The summed E-state index contributed by atoms with van der Waals surface area (Å²) in [6.07, 6.45) is -0.812. The molecule has 0 radical (unpaired) electrons. The summed E-state index contributed by atoms with van der Waals surface area (Å²) in [6.45, 7) is 4.39. The smallest absolute Gasteiger partial charge is 0.311 e. The van der Waals surface area contributed by atoms with Crippen LogP contribution in [0, 0.1) is 5.41 Å². The lowest BCUT2D eigenvalue weighted by Crippen LogP contribution is -2.42. The second-order valence-corrected chi connectivity index (χ2v) is 8.48. The summed E-state index contributed by atoms with van der Waals surface area (Å²) in [5.41, 5.74) is -0.700. The van der Waals surface area contributed by atoms with Crippen LogP contribution in [0.25, 0.3) is 0 Å². The van der Waals surface area contributed by atoms with Crippen molar-refractivity contribution in [1.29, 1.82) is 0 Å². The number of methoxy groups -OCH3 is 1. The van der Waals surface area contributed by atoms with Crippen LogP contribution >= 0.6 is 0 Å². The number of aliphatic carboxylic acids is 1. The van der Waals surface area contributed by atoms with Gasteiger partial charge in [0.2, 0.25) is 5.91 Å². The number of benzene rings is 1. The van der Waals surface area contributed by atoms with Gasteiger partial charge in [0.25, 0.3) is 10.1 Å². The minimum Gasteiger partial charge on any atom is -0.497 e. The van der Waals surface area contributed by atoms with Gasteiger partial charge in [0, 0.05) is 19.9 Å². The Hall–Kier alpha value is -2.13. The molecule has 27 heavy (non-hydrogen) atoms. The number of amides is 1. The van der Waals surface area contributed by atoms with E-state index in [9.17, 15) is 23.1 Å². The van der Waals surface area contributed by atoms with E-state index >= 15 is 0 Å². The van der Waals surface area contributed by atoms with Crippen molar-refractivity contribution in [3.8, 4) is 5.75 Å². The molecule has 8 nitrogen and oxygen atoms in total. The highest BCUT2D eigenvalue weighted by Gasteiger charge is 2.40. The van der Waals surface area contributed by atoms with Crippen LogP contribution in [0.5, 0.6) is 5.75 Å². The van der Waals surface area contributed by atoms with E-state index in [2.05, 4.69) is 5.32 Å². The molecule has 0 spiro atoms. The number of ether oxygens (including phenoxy) is 1. The van der Waals surface area contributed by atoms with Gasteiger partial charge in [-0.1, -0.05) is 12.1 Å². The van der Waals surface area contributed by atoms with Gasteiger partial charge in [-0.15, -0.1) is 0 Å². The predicted molar refractivity (Wildman–Crippen MR) is 100 cm³/mol. The molecular weight excluding hydrogens is 374 g/mol. The van der Waals surface area contributed by atoms with Gasteiger partial charge in [0.15, 0.2) is 0 Å². The Morgan fingerprint density at radius 3 is 2.30 bits per heavy atom. The van der Waals surface area contributed by atoms with Crippen LogP contribution in [0.3, 0.4) is 0 Å². The van der Waals surface area contributed by atoms with E-state index in [1.807, 2.05) is 0 Å². The van der Waals surface area contributed by atoms with Crippen LogP contribution in [0.1, 0.15) is 32.8 Å². The van der Waals surface area contributed by atoms with Crippen molar-refractivity contribution in [1.82, 2.24) is 5.32 Å². The molecule has 1 unspecified atom stereocenters. The lowest BCUT2D eigenvalue weighted by Gasteiger charge is -2.30. The third kappa shape index (κ3) is 7.56. The standard InChI is InChI=1S/C18H27NO7S/c1-13(20)19-10-5-11-27(23,24)26-16(18(2,3)17(21)22)12-14-6-8-15(25-4)9-7-14/h6-9,16H,5,10-12H2,1-4H3,(H,19,20)(H,21,22). The number of carboxylic acid groups (broad SMARTS) is 1. The lowest BCUT2D eigenvalue weighted by atomic mass is 9.83. The van der Waals surface area contributed by atoms with Crippen molar-refractivity contribution in [3.05, 3.63) is 29.8 Å². The molecule has 0 aromatic heterocycles. The maximum atomic E-state index is 12.3. The predicted octanol–water partition coefficient (Wildman–Crippen LogP) is 1.59. The lowest BCUT2D eigenvalue weighted by molar-refractivity contribution is -0.152. The molecule has 0 aliphatic rings. The largest absolute Gasteiger partial charge is 0.497 e. The monoisotopic (exact) mass is 401 g/mol. The van der Waals surface area contributed by atoms with Gasteiger partial charge in [0.05, 0.1) is 24.4 Å². The second-order valence-electron chi connectivity index (χ2n) is 6.76. The summed E-state index contributed by atoms with van der Waals surface area (Å²) in [5, 5.41) is 12.0. The Morgan fingerprint density at radius 2 is 1.81 bits per heavy atom. The van der Waals surface area contributed by atoms with Crippen molar-refractivity contribution in [3.63, 3.8) is 0 Å². The molecular formula is C18H27NO7S. The van der Waals surface area contributed by atoms with E-state index in [1.165, 1.54) is 27.9 Å². The second kappa shape index (κ2) is 9.70. The number of nitrogens with one attached hydrogen (secondary N) is 1. The van der Waals surface area contributed by atoms with E-state index in [0.717, 1.165) is 5.56 Å². The van der Waals surface area contributed by atoms with Crippen LogP contribution in [0.15, 0.2) is 24.3 Å². The summed E-state index contributed by atoms with van der Waals surface area (Å²) >= 11 is 0. The minimum absolute atomic E-state index is 0.105. The van der Waals surface area contributed by atoms with Crippen molar-refractivity contribution >= 4 is 22.0 Å². The van der Waals surface area contributed by atoms with Gasteiger partial charge in [-0.25, -0.2) is 0 Å². The minimum atomic E-state index is -3.97. The third-order valence-corrected chi connectivity index (χ3v) is 5.46. The third-order valence-electron chi connectivity index (χ3n) is 4.14. The quantitative estimate of drug-likeness (QED) is 0.427. The first kappa shape index (κ1) is 22.9. The van der Waals surface area contributed by atoms with Crippen LogP contribution < -0.4 is 10.1 Å². The van der Waals surface area contributed by atoms with Crippen LogP contribution in [0.4, 0.5) is 0 Å². The van der Waals surface area contributed by atoms with Crippen LogP contribution in [0.2, 0.25) is 0 Å². The Balaban J connectivity index is 2.91. The van der Waals surface area contributed by atoms with Gasteiger partial charge in [0.1, 0.15) is 5.75 Å². The average molecular weight is 401 g/mol. The zero-order valence-corrected chi connectivity index (χ0v) is 16.8. The molecule has 0 heterocycles. The van der Waals surface area contributed by atoms with Crippen molar-refractivity contribution in [2.24, 2.45) is 5.41 Å². The Bertz CT molecular complexity index is 741. The molecule has 0 saturated heterocycles. The van der Waals surface area contributed by atoms with E-state index in [-0.39, 0.29) is 31.0 Å². The van der Waals surface area contributed by atoms with Crippen molar-refractivity contribution < 1.29 is 32.0 Å². The van der Waals surface area contributed by atoms with Crippen molar-refractivity contribution in [2.45, 2.75) is 39.7 Å². The maximum absolute atomic E-state index is 12.3. The molecule has 152 valence electrons. The first-order chi connectivity index (χ1) is 12.5. The molecule has 0 fully saturated rings. The Morgan fingerprint density at radius 1 is 1.22 bits per heavy atom. The van der Waals surface area contributed by atoms with E-state index in [4.69, 9.17) is 8.92 Å². The van der Waals surface area contributed by atoms with Gasteiger partial charge in [-0.05, 0) is 38.0 Å². The van der Waals surface area contributed by atoms with E-state index < -0.39 is 27.6 Å². The number of hydrogen-bond acceptors (Lipinski definition) is 6. The van der Waals surface area contributed by atoms with Gasteiger partial charge < -0.3 is 15.2 Å². The molecule has 0 aliphatic carbocycles. The fraction of sp³-hybridized carbons (Fsp3) is 0.556. The molecule has 0 bridgehead atoms. The Kier molecular flexibility index (Phi) is 8.23. The molecule has 0 saturated carbocycles. The normalized spacial score (nSPS) is 13.0. The molecule has 2 N–H and O–H groups in total. The number of carboxylic acids is 1. The number of rotatable bonds is 11. The summed E-state index contributed by atoms with van der Waals surface area (Å²) < 4.78 is 35.0. The van der Waals surface area contributed by atoms with Crippen LogP contribution in [-0.2, 0) is 30.3 Å². The summed E-state index contributed by atoms with van der Waals surface area (Å²) in [6, 6.07) is 6.89. The Labute approximate surface area is 160 Å². The van der Waals surface area contributed by atoms with E-state index in [1.54, 1.807) is 24.3 Å². The topological polar surface area (TPSA) is 119 Å². The summed E-state index contributed by atoms with van der Waals surface area (Å²) in [7, 11) is -2.44. The average Bonchev–Trinajstić information content (AvgIpc) is 2.58. The molecule has 1 amide bonds. The maximum Gasteiger partial charge on any atom is 0.311 e. The SMILES string of the molecule is COc1ccc(CC(OS(=O)(=O)CCCNC(C)=O)C(C)(C)C(=O)O)cc1. The highest BCUT2D eigenvalue weighted by Crippen LogP contribution is 2.29. The molecule has 1 aromatic carbocycles. The van der Waals surface area contributed by atoms with Crippen molar-refractivity contribution in [2.75, 3.05) is 19.4 Å². The van der Waals surface area contributed by atoms with Gasteiger partial charge >= 0.3 is 5.97 Å². The zero-order chi connectivity index (χ0) is 20.7. The summed E-state index contributed by atoms with van der Waals surface area (Å²) in [4.78, 5) is 22.5. The number of carbonyl (C=O) groups is 2. The molecule has 1 aromatic rings. The van der Waals surface area contributed by atoms with E-state index in [0.29, 0.717) is 5.75 Å². The summed E-state index contributed by atoms with van der Waals surface area (Å²) in [5.74, 6) is -1.09. The first-order valence-corrected chi connectivity index (χ1v) is 10.1. The fourth-order valence-electron chi connectivity index (χ4n) is 2.26. The first-order valence-electron chi connectivity index (χ1n) is 8.49.